The van der Waals surface area contributed by atoms with Crippen LogP contribution in [0.25, 0.3) is 10.7 Å². The lowest BCUT2D eigenvalue weighted by molar-refractivity contribution is -0.136. The van der Waals surface area contributed by atoms with Gasteiger partial charge in [-0.15, -0.1) is 11.3 Å². The maximum atomic E-state index is 10.8. The number of anilines is 2. The summed E-state index contributed by atoms with van der Waals surface area (Å²) < 4.78 is 0. The number of nitrogens with one attached hydrogen (secondary N) is 1. The van der Waals surface area contributed by atoms with Crippen LogP contribution < -0.4 is 10.2 Å². The largest absolute Gasteiger partial charge is 0.481 e. The van der Waals surface area contributed by atoms with Crippen LogP contribution in [0.2, 0.25) is 0 Å². The van der Waals surface area contributed by atoms with E-state index in [2.05, 4.69) is 30.1 Å². The molecule has 0 saturated carbocycles. The van der Waals surface area contributed by atoms with Crippen molar-refractivity contribution in [3.8, 4) is 10.7 Å². The summed E-state index contributed by atoms with van der Waals surface area (Å²) in [6, 6.07) is 2.68. The fraction of sp³-hybridized carbons (Fsp3) is 0.579. The normalized spacial score (nSPS) is 18.5. The second kappa shape index (κ2) is 8.83. The molecule has 4 heterocycles. The molecule has 0 amide bonds. The second-order valence-electron chi connectivity index (χ2n) is 7.30. The summed E-state index contributed by atoms with van der Waals surface area (Å²) in [7, 11) is 0. The molecule has 2 aliphatic heterocycles. The van der Waals surface area contributed by atoms with Gasteiger partial charge in [-0.05, 0) is 38.8 Å². The van der Waals surface area contributed by atoms with Crippen LogP contribution in [0.4, 0.5) is 11.8 Å². The fourth-order valence-corrected chi connectivity index (χ4v) is 4.58. The minimum atomic E-state index is -0.840. The lowest BCUT2D eigenvalue weighted by Gasteiger charge is -2.37. The van der Waals surface area contributed by atoms with E-state index >= 15 is 0 Å². The molecule has 2 aromatic heterocycles. The zero-order valence-corrected chi connectivity index (χ0v) is 16.7. The molecular formula is C19H26N6O2S. The first kappa shape index (κ1) is 19.1. The SMILES string of the molecule is O=C(O)CCNc1nc(-c2nccs2)cc(N2CCC(N3CCCC3)CC2)n1. The first-order valence-electron chi connectivity index (χ1n) is 9.92. The molecule has 150 valence electrons. The third-order valence-electron chi connectivity index (χ3n) is 5.43. The van der Waals surface area contributed by atoms with E-state index in [4.69, 9.17) is 5.11 Å². The number of carboxylic acids is 1. The second-order valence-corrected chi connectivity index (χ2v) is 8.20. The number of rotatable bonds is 7. The van der Waals surface area contributed by atoms with E-state index in [0.29, 0.717) is 18.5 Å². The number of carboxylic acid groups (broad SMARTS) is 1. The zero-order valence-electron chi connectivity index (χ0n) is 15.9. The highest BCUT2D eigenvalue weighted by molar-refractivity contribution is 7.13. The summed E-state index contributed by atoms with van der Waals surface area (Å²) in [5.41, 5.74) is 0.777. The Labute approximate surface area is 168 Å². The Morgan fingerprint density at radius 2 is 2.00 bits per heavy atom. The third-order valence-corrected chi connectivity index (χ3v) is 6.23. The number of aliphatic carboxylic acids is 1. The molecule has 2 aliphatic rings. The topological polar surface area (TPSA) is 94.5 Å². The average molecular weight is 403 g/mol. The summed E-state index contributed by atoms with van der Waals surface area (Å²) in [4.78, 5) is 29.3. The van der Waals surface area contributed by atoms with Crippen molar-refractivity contribution >= 4 is 29.1 Å². The number of nitrogens with zero attached hydrogens (tertiary/aromatic N) is 5. The van der Waals surface area contributed by atoms with Gasteiger partial charge < -0.3 is 20.2 Å². The van der Waals surface area contributed by atoms with E-state index in [9.17, 15) is 4.79 Å². The van der Waals surface area contributed by atoms with Gasteiger partial charge in [-0.2, -0.15) is 4.98 Å². The monoisotopic (exact) mass is 402 g/mol. The van der Waals surface area contributed by atoms with E-state index < -0.39 is 5.97 Å². The van der Waals surface area contributed by atoms with E-state index in [1.165, 1.54) is 37.3 Å². The van der Waals surface area contributed by atoms with Crippen LogP contribution in [0.15, 0.2) is 17.6 Å². The predicted octanol–water partition coefficient (Wildman–Crippen LogP) is 2.55. The Kier molecular flexibility index (Phi) is 6.01. The van der Waals surface area contributed by atoms with Crippen LogP contribution in [0, 0.1) is 0 Å². The van der Waals surface area contributed by atoms with Crippen molar-refractivity contribution in [3.63, 3.8) is 0 Å². The van der Waals surface area contributed by atoms with Crippen LogP contribution in [-0.4, -0.2) is 69.7 Å². The molecule has 0 radical (unpaired) electrons. The third kappa shape index (κ3) is 4.59. The number of thiazole rings is 1. The summed E-state index contributed by atoms with van der Waals surface area (Å²) in [6.07, 6.45) is 6.75. The molecule has 4 rings (SSSR count). The van der Waals surface area contributed by atoms with Gasteiger partial charge in [-0.25, -0.2) is 9.97 Å². The molecule has 0 aliphatic carbocycles. The highest BCUT2D eigenvalue weighted by atomic mass is 32.1. The maximum Gasteiger partial charge on any atom is 0.305 e. The van der Waals surface area contributed by atoms with Crippen molar-refractivity contribution in [2.24, 2.45) is 0 Å². The number of hydrogen-bond donors (Lipinski definition) is 2. The van der Waals surface area contributed by atoms with Crippen molar-refractivity contribution in [2.45, 2.75) is 38.1 Å². The summed E-state index contributed by atoms with van der Waals surface area (Å²) in [6.45, 7) is 4.73. The lowest BCUT2D eigenvalue weighted by atomic mass is 10.0. The highest BCUT2D eigenvalue weighted by Gasteiger charge is 2.27. The number of likely N-dealkylation sites (tertiary alicyclic amines) is 1. The average Bonchev–Trinajstić information content (AvgIpc) is 3.42. The standard InChI is InChI=1S/C19H26N6O2S/c26-17(27)3-6-21-19-22-15(18-20-7-12-28-18)13-16(23-19)25-10-4-14(5-11-25)24-8-1-2-9-24/h7,12-14H,1-6,8-11H2,(H,26,27)(H,21,22,23). The molecule has 2 N–H and O–H groups in total. The molecule has 28 heavy (non-hydrogen) atoms. The highest BCUT2D eigenvalue weighted by Crippen LogP contribution is 2.28. The van der Waals surface area contributed by atoms with Gasteiger partial charge in [0, 0.05) is 43.3 Å². The van der Waals surface area contributed by atoms with Crippen molar-refractivity contribution in [3.05, 3.63) is 17.6 Å². The van der Waals surface area contributed by atoms with Crippen LogP contribution in [0.1, 0.15) is 32.1 Å². The van der Waals surface area contributed by atoms with Gasteiger partial charge in [0.25, 0.3) is 0 Å². The number of carbonyl (C=O) groups is 1. The summed E-state index contributed by atoms with van der Waals surface area (Å²) in [5.74, 6) is 0.510. The number of piperidine rings is 1. The van der Waals surface area contributed by atoms with Gasteiger partial charge in [-0.1, -0.05) is 0 Å². The first-order chi connectivity index (χ1) is 13.7. The lowest BCUT2D eigenvalue weighted by Crippen LogP contribution is -2.44. The number of aromatic nitrogens is 3. The Hall–Kier alpha value is -2.26. The smallest absolute Gasteiger partial charge is 0.305 e. The zero-order chi connectivity index (χ0) is 19.3. The van der Waals surface area contributed by atoms with Crippen molar-refractivity contribution in [1.29, 1.82) is 0 Å². The summed E-state index contributed by atoms with van der Waals surface area (Å²) >= 11 is 1.54. The Morgan fingerprint density at radius 3 is 2.68 bits per heavy atom. The van der Waals surface area contributed by atoms with Crippen molar-refractivity contribution in [1.82, 2.24) is 19.9 Å². The van der Waals surface area contributed by atoms with Crippen molar-refractivity contribution < 1.29 is 9.90 Å². The molecule has 0 spiro atoms. The Bertz CT molecular complexity index is 786. The maximum absolute atomic E-state index is 10.8. The Morgan fingerprint density at radius 1 is 1.21 bits per heavy atom. The molecule has 2 aromatic rings. The van der Waals surface area contributed by atoms with E-state index in [1.807, 2.05) is 11.4 Å². The van der Waals surface area contributed by atoms with Gasteiger partial charge in [0.1, 0.15) is 16.5 Å². The summed E-state index contributed by atoms with van der Waals surface area (Å²) in [5, 5.41) is 14.7. The van der Waals surface area contributed by atoms with Crippen LogP contribution in [0.5, 0.6) is 0 Å². The first-order valence-corrected chi connectivity index (χ1v) is 10.8. The van der Waals surface area contributed by atoms with Gasteiger partial charge in [0.05, 0.1) is 6.42 Å². The van der Waals surface area contributed by atoms with Crippen molar-refractivity contribution in [2.75, 3.05) is 42.9 Å². The van der Waals surface area contributed by atoms with Crippen LogP contribution >= 0.6 is 11.3 Å². The molecular weight excluding hydrogens is 376 g/mol. The molecule has 2 fully saturated rings. The molecule has 0 atom stereocenters. The molecule has 9 heteroatoms. The molecule has 0 bridgehead atoms. The van der Waals surface area contributed by atoms with Crippen LogP contribution in [-0.2, 0) is 4.79 Å². The minimum Gasteiger partial charge on any atom is -0.481 e. The predicted molar refractivity (Wildman–Crippen MR) is 110 cm³/mol. The fourth-order valence-electron chi connectivity index (χ4n) is 3.98. The van der Waals surface area contributed by atoms with E-state index in [1.54, 1.807) is 6.20 Å². The molecule has 2 saturated heterocycles. The minimum absolute atomic E-state index is 0.0292. The molecule has 0 aromatic carbocycles. The van der Waals surface area contributed by atoms with Gasteiger partial charge in [0.15, 0.2) is 0 Å². The van der Waals surface area contributed by atoms with Gasteiger partial charge in [0.2, 0.25) is 5.95 Å². The van der Waals surface area contributed by atoms with Crippen LogP contribution in [0.3, 0.4) is 0 Å². The molecule has 0 unspecified atom stereocenters. The quantitative estimate of drug-likeness (QED) is 0.730. The van der Waals surface area contributed by atoms with E-state index in [0.717, 1.165) is 42.5 Å². The molecule has 8 nitrogen and oxygen atoms in total. The van der Waals surface area contributed by atoms with Gasteiger partial charge in [-0.3, -0.25) is 4.79 Å². The van der Waals surface area contributed by atoms with Gasteiger partial charge >= 0.3 is 5.97 Å². The Balaban J connectivity index is 1.49. The van der Waals surface area contributed by atoms with E-state index in [-0.39, 0.29) is 6.42 Å². The number of hydrogen-bond acceptors (Lipinski definition) is 8.